The van der Waals surface area contributed by atoms with E-state index in [1.165, 1.54) is 0 Å². The van der Waals surface area contributed by atoms with E-state index in [2.05, 4.69) is 11.4 Å². The Morgan fingerprint density at radius 3 is 3.20 bits per heavy atom. The first-order valence-electron chi connectivity index (χ1n) is 3.02. The van der Waals surface area contributed by atoms with Crippen molar-refractivity contribution in [1.82, 2.24) is 0 Å². The number of anilines is 1. The Balaban J connectivity index is 2.51. The molecule has 1 heterocycles. The van der Waals surface area contributed by atoms with Gasteiger partial charge in [0.05, 0.1) is 6.42 Å². The summed E-state index contributed by atoms with van der Waals surface area (Å²) < 4.78 is 0. The van der Waals surface area contributed by atoms with Crippen molar-refractivity contribution in [2.45, 2.75) is 0 Å². The van der Waals surface area contributed by atoms with Crippen LogP contribution in [0.3, 0.4) is 0 Å². The summed E-state index contributed by atoms with van der Waals surface area (Å²) in [4.78, 5) is 10.7. The van der Waals surface area contributed by atoms with E-state index in [9.17, 15) is 4.79 Å². The van der Waals surface area contributed by atoms with Crippen LogP contribution in [0, 0.1) is 12.5 Å². The highest BCUT2D eigenvalue weighted by molar-refractivity contribution is 6.06. The molecule has 2 rings (SSSR count). The first-order valence-corrected chi connectivity index (χ1v) is 3.02. The fraction of sp³-hybridized carbons (Fsp3) is 0. The molecule has 0 aliphatic carbocycles. The van der Waals surface area contributed by atoms with E-state index in [4.69, 9.17) is 0 Å². The van der Waals surface area contributed by atoms with Crippen molar-refractivity contribution in [3.8, 4) is 0 Å². The molecule has 1 aliphatic rings. The minimum Gasteiger partial charge on any atom is -0.325 e. The van der Waals surface area contributed by atoms with Gasteiger partial charge in [-0.15, -0.1) is 0 Å². The second-order valence-electron chi connectivity index (χ2n) is 2.15. The molecule has 1 N–H and O–H groups in total. The molecule has 1 aliphatic heterocycles. The summed E-state index contributed by atoms with van der Waals surface area (Å²) in [5, 5.41) is 2.67. The summed E-state index contributed by atoms with van der Waals surface area (Å²) in [6.07, 6.45) is 1.57. The van der Waals surface area contributed by atoms with E-state index in [1.54, 1.807) is 18.6 Å². The highest BCUT2D eigenvalue weighted by atomic mass is 16.1. The zero-order chi connectivity index (χ0) is 6.97. The summed E-state index contributed by atoms with van der Waals surface area (Å²) in [6, 6.07) is 8.28. The topological polar surface area (TPSA) is 29.1 Å². The number of fused-ring (bicyclic) bond motifs is 1. The summed E-state index contributed by atoms with van der Waals surface area (Å²) in [5.41, 5.74) is 1.80. The van der Waals surface area contributed by atoms with Gasteiger partial charge in [-0.1, -0.05) is 12.1 Å². The lowest BCUT2D eigenvalue weighted by molar-refractivity contribution is -0.112. The van der Waals surface area contributed by atoms with Gasteiger partial charge in [-0.05, 0) is 17.7 Å². The molecule has 10 heavy (non-hydrogen) atoms. The standard InChI is InChI=1S/C8H5NO/c10-8-5-6-3-1-2-4-7(6)9-8/h1,3-5H,(H,9,10). The van der Waals surface area contributed by atoms with Crippen LogP contribution in [0.25, 0.3) is 0 Å². The maximum Gasteiger partial charge on any atom is 0.233 e. The first kappa shape index (κ1) is 5.47. The molecule has 0 bridgehead atoms. The van der Waals surface area contributed by atoms with Crippen molar-refractivity contribution in [2.75, 3.05) is 5.32 Å². The zero-order valence-corrected chi connectivity index (χ0v) is 5.22. The summed E-state index contributed by atoms with van der Waals surface area (Å²) in [5.74, 6) is -0.0467. The van der Waals surface area contributed by atoms with Crippen LogP contribution >= 0.6 is 0 Å². The van der Waals surface area contributed by atoms with E-state index in [0.29, 0.717) is 0 Å². The number of nitrogens with one attached hydrogen (secondary N) is 1. The number of carbonyl (C=O) groups excluding carboxylic acids is 1. The minimum atomic E-state index is -0.0467. The Labute approximate surface area is 58.9 Å². The summed E-state index contributed by atoms with van der Waals surface area (Å²) >= 11 is 0. The molecule has 2 heteroatoms. The van der Waals surface area contributed by atoms with Crippen LogP contribution < -0.4 is 5.32 Å². The van der Waals surface area contributed by atoms with Gasteiger partial charge in [0, 0.05) is 5.69 Å². The summed E-state index contributed by atoms with van der Waals surface area (Å²) in [6.45, 7) is 0. The van der Waals surface area contributed by atoms with Crippen molar-refractivity contribution in [3.63, 3.8) is 0 Å². The van der Waals surface area contributed by atoms with E-state index < -0.39 is 0 Å². The molecule has 0 aromatic heterocycles. The third kappa shape index (κ3) is 0.692. The fourth-order valence-corrected chi connectivity index (χ4v) is 0.987. The SMILES string of the molecule is O=C1[CH]c2cc[c]cc2N1. The number of benzene rings is 1. The van der Waals surface area contributed by atoms with Gasteiger partial charge < -0.3 is 5.32 Å². The lowest BCUT2D eigenvalue weighted by Gasteiger charge is -1.92. The van der Waals surface area contributed by atoms with E-state index in [1.807, 2.05) is 6.07 Å². The molecule has 0 fully saturated rings. The average molecular weight is 131 g/mol. The molecule has 1 amide bonds. The maximum absolute atomic E-state index is 10.7. The van der Waals surface area contributed by atoms with Crippen molar-refractivity contribution >= 4 is 11.6 Å². The third-order valence-electron chi connectivity index (χ3n) is 1.44. The van der Waals surface area contributed by atoms with Gasteiger partial charge in [0.2, 0.25) is 5.91 Å². The molecule has 1 aromatic rings. The van der Waals surface area contributed by atoms with Crippen LogP contribution in [0.5, 0.6) is 0 Å². The van der Waals surface area contributed by atoms with Crippen molar-refractivity contribution < 1.29 is 4.79 Å². The molecule has 0 saturated carbocycles. The van der Waals surface area contributed by atoms with Gasteiger partial charge >= 0.3 is 0 Å². The highest BCUT2D eigenvalue weighted by Crippen LogP contribution is 2.22. The van der Waals surface area contributed by atoms with E-state index >= 15 is 0 Å². The molecule has 48 valence electrons. The van der Waals surface area contributed by atoms with E-state index in [-0.39, 0.29) is 5.91 Å². The predicted octanol–water partition coefficient (Wildman–Crippen LogP) is 0.991. The minimum absolute atomic E-state index is 0.0467. The van der Waals surface area contributed by atoms with Gasteiger partial charge in [-0.2, -0.15) is 0 Å². The van der Waals surface area contributed by atoms with Crippen LogP contribution in [0.15, 0.2) is 18.2 Å². The second-order valence-corrected chi connectivity index (χ2v) is 2.15. The van der Waals surface area contributed by atoms with Gasteiger partial charge in [0.25, 0.3) is 0 Å². The number of carbonyl (C=O) groups is 1. The lowest BCUT2D eigenvalue weighted by Crippen LogP contribution is -2.01. The Hall–Kier alpha value is -1.31. The normalized spacial score (nSPS) is 14.6. The molecule has 2 radical (unpaired) electrons. The Morgan fingerprint density at radius 2 is 2.40 bits per heavy atom. The molecular weight excluding hydrogens is 126 g/mol. The highest BCUT2D eigenvalue weighted by Gasteiger charge is 2.15. The van der Waals surface area contributed by atoms with Gasteiger partial charge in [-0.3, -0.25) is 4.79 Å². The maximum atomic E-state index is 10.7. The number of hydrogen-bond donors (Lipinski definition) is 1. The summed E-state index contributed by atoms with van der Waals surface area (Å²) in [7, 11) is 0. The molecule has 0 spiro atoms. The van der Waals surface area contributed by atoms with Gasteiger partial charge in [0.15, 0.2) is 0 Å². The average Bonchev–Trinajstić information content (AvgIpc) is 2.27. The fourth-order valence-electron chi connectivity index (χ4n) is 0.987. The van der Waals surface area contributed by atoms with Gasteiger partial charge in [-0.25, -0.2) is 0 Å². The van der Waals surface area contributed by atoms with Crippen LogP contribution in [0.1, 0.15) is 5.56 Å². The lowest BCUT2D eigenvalue weighted by atomic mass is 10.2. The van der Waals surface area contributed by atoms with Crippen LogP contribution in [0.2, 0.25) is 0 Å². The largest absolute Gasteiger partial charge is 0.325 e. The molecule has 0 saturated heterocycles. The Morgan fingerprint density at radius 1 is 1.50 bits per heavy atom. The van der Waals surface area contributed by atoms with Crippen molar-refractivity contribution in [3.05, 3.63) is 36.2 Å². The Kier molecular flexibility index (Phi) is 1.01. The molecule has 0 atom stereocenters. The van der Waals surface area contributed by atoms with Gasteiger partial charge in [0.1, 0.15) is 0 Å². The smallest absolute Gasteiger partial charge is 0.233 e. The first-order chi connectivity index (χ1) is 4.86. The van der Waals surface area contributed by atoms with Crippen LogP contribution in [-0.4, -0.2) is 5.91 Å². The number of rotatable bonds is 0. The molecule has 2 nitrogen and oxygen atoms in total. The monoisotopic (exact) mass is 131 g/mol. The van der Waals surface area contributed by atoms with Crippen LogP contribution in [-0.2, 0) is 4.79 Å². The molecular formula is C8H5NO. The third-order valence-corrected chi connectivity index (χ3v) is 1.44. The van der Waals surface area contributed by atoms with Crippen molar-refractivity contribution in [1.29, 1.82) is 0 Å². The predicted molar refractivity (Wildman–Crippen MR) is 37.3 cm³/mol. The second kappa shape index (κ2) is 1.84. The zero-order valence-electron chi connectivity index (χ0n) is 5.22. The molecule has 0 unspecified atom stereocenters. The number of amides is 1. The quantitative estimate of drug-likeness (QED) is 0.559. The molecule has 1 aromatic carbocycles. The Bertz CT molecular complexity index is 253. The number of hydrogen-bond acceptors (Lipinski definition) is 1. The van der Waals surface area contributed by atoms with Crippen LogP contribution in [0.4, 0.5) is 5.69 Å². The van der Waals surface area contributed by atoms with Crippen molar-refractivity contribution in [2.24, 2.45) is 0 Å². The van der Waals surface area contributed by atoms with E-state index in [0.717, 1.165) is 11.3 Å².